The highest BCUT2D eigenvalue weighted by Crippen LogP contribution is 2.41. The number of para-hydroxylation sites is 1. The molecule has 1 aromatic heterocycles. The maximum absolute atomic E-state index is 12.4. The quantitative estimate of drug-likeness (QED) is 0.811. The lowest BCUT2D eigenvalue weighted by atomic mass is 10.0. The molecule has 0 fully saturated rings. The number of carbonyl (C=O) groups excluding carboxylic acids is 2. The van der Waals surface area contributed by atoms with Gasteiger partial charge in [-0.05, 0) is 13.0 Å². The van der Waals surface area contributed by atoms with Gasteiger partial charge in [-0.25, -0.2) is 4.79 Å². The molecule has 1 aliphatic heterocycles. The fourth-order valence-corrected chi connectivity index (χ4v) is 3.52. The van der Waals surface area contributed by atoms with Crippen LogP contribution in [0.4, 0.5) is 0 Å². The van der Waals surface area contributed by atoms with Crippen molar-refractivity contribution >= 4 is 23.6 Å². The van der Waals surface area contributed by atoms with Crippen LogP contribution < -0.4 is 4.74 Å². The number of esters is 1. The number of hydrogen-bond acceptors (Lipinski definition) is 5. The topological polar surface area (TPSA) is 57.5 Å². The molecule has 0 amide bonds. The zero-order valence-electron chi connectivity index (χ0n) is 12.3. The summed E-state index contributed by atoms with van der Waals surface area (Å²) < 4.78 is 12.1. The minimum atomic E-state index is -0.417. The lowest BCUT2D eigenvalue weighted by Gasteiger charge is -2.09. The van der Waals surface area contributed by atoms with Crippen molar-refractivity contribution in [3.05, 3.63) is 36.0 Å². The zero-order valence-corrected chi connectivity index (χ0v) is 13.1. The van der Waals surface area contributed by atoms with Crippen LogP contribution >= 0.6 is 11.8 Å². The van der Waals surface area contributed by atoms with Crippen LogP contribution in [0.15, 0.2) is 35.5 Å². The summed E-state index contributed by atoms with van der Waals surface area (Å²) in [5.74, 6) is 0.536. The second-order valence-electron chi connectivity index (χ2n) is 4.70. The van der Waals surface area contributed by atoms with Gasteiger partial charge in [0, 0.05) is 17.3 Å². The molecule has 1 aliphatic rings. The molecule has 22 heavy (non-hydrogen) atoms. The molecule has 0 saturated carbocycles. The molecule has 3 rings (SSSR count). The van der Waals surface area contributed by atoms with Gasteiger partial charge in [-0.15, -0.1) is 0 Å². The Morgan fingerprint density at radius 2 is 2.09 bits per heavy atom. The van der Waals surface area contributed by atoms with Crippen molar-refractivity contribution in [3.63, 3.8) is 0 Å². The number of aromatic nitrogens is 1. The molecule has 0 N–H and O–H groups in total. The third-order valence-corrected chi connectivity index (χ3v) is 4.50. The fourth-order valence-electron chi connectivity index (χ4n) is 2.49. The van der Waals surface area contributed by atoms with Crippen LogP contribution in [-0.2, 0) is 4.74 Å². The van der Waals surface area contributed by atoms with E-state index in [1.54, 1.807) is 20.2 Å². The first-order valence-corrected chi connectivity index (χ1v) is 7.87. The monoisotopic (exact) mass is 317 g/mol. The summed E-state index contributed by atoms with van der Waals surface area (Å²) >= 11 is 1.36. The van der Waals surface area contributed by atoms with Crippen molar-refractivity contribution in [3.8, 4) is 16.9 Å². The average Bonchev–Trinajstić information content (AvgIpc) is 3.07. The Hall–Kier alpha value is -2.21. The minimum Gasteiger partial charge on any atom is -0.496 e. The zero-order chi connectivity index (χ0) is 15.7. The SMILES string of the molecule is CCOC(=O)c1c(-c2ccccc2OC)cn2c1SCC2=O. The van der Waals surface area contributed by atoms with Gasteiger partial charge < -0.3 is 9.47 Å². The predicted molar refractivity (Wildman–Crippen MR) is 83.7 cm³/mol. The molecule has 0 atom stereocenters. The van der Waals surface area contributed by atoms with E-state index in [1.807, 2.05) is 24.3 Å². The predicted octanol–water partition coefficient (Wildman–Crippen LogP) is 3.09. The van der Waals surface area contributed by atoms with E-state index in [-0.39, 0.29) is 12.5 Å². The Kier molecular flexibility index (Phi) is 3.94. The number of nitrogens with zero attached hydrogens (tertiary/aromatic N) is 1. The second-order valence-corrected chi connectivity index (χ2v) is 5.66. The maximum atomic E-state index is 12.4. The Morgan fingerprint density at radius 1 is 1.32 bits per heavy atom. The maximum Gasteiger partial charge on any atom is 0.341 e. The van der Waals surface area contributed by atoms with E-state index >= 15 is 0 Å². The van der Waals surface area contributed by atoms with Crippen molar-refractivity contribution in [2.45, 2.75) is 11.9 Å². The molecule has 2 heterocycles. The van der Waals surface area contributed by atoms with Gasteiger partial charge in [0.15, 0.2) is 0 Å². The highest BCUT2D eigenvalue weighted by molar-refractivity contribution is 8.00. The van der Waals surface area contributed by atoms with Gasteiger partial charge in [-0.3, -0.25) is 9.36 Å². The Morgan fingerprint density at radius 3 is 2.82 bits per heavy atom. The molecule has 2 aromatic rings. The molecule has 0 bridgehead atoms. The number of ether oxygens (including phenoxy) is 2. The molecular formula is C16H15NO4S. The molecule has 114 valence electrons. The standard InChI is InChI=1S/C16H15NO4S/c1-3-21-16(19)14-11(8-17-13(18)9-22-15(14)17)10-6-4-5-7-12(10)20-2/h4-8H,3,9H2,1-2H3. The molecule has 5 nitrogen and oxygen atoms in total. The van der Waals surface area contributed by atoms with Gasteiger partial charge in [0.1, 0.15) is 5.75 Å². The Balaban J connectivity index is 2.21. The fraction of sp³-hybridized carbons (Fsp3) is 0.250. The number of methoxy groups -OCH3 is 1. The summed E-state index contributed by atoms with van der Waals surface area (Å²) in [6, 6.07) is 7.41. The smallest absolute Gasteiger partial charge is 0.341 e. The molecule has 6 heteroatoms. The summed E-state index contributed by atoms with van der Waals surface area (Å²) in [7, 11) is 1.58. The minimum absolute atomic E-state index is 0.0355. The van der Waals surface area contributed by atoms with Crippen LogP contribution in [0.1, 0.15) is 22.1 Å². The third-order valence-electron chi connectivity index (χ3n) is 3.44. The van der Waals surface area contributed by atoms with Crippen LogP contribution in [0.25, 0.3) is 11.1 Å². The van der Waals surface area contributed by atoms with Gasteiger partial charge in [0.2, 0.25) is 5.91 Å². The average molecular weight is 317 g/mol. The van der Waals surface area contributed by atoms with E-state index in [2.05, 4.69) is 0 Å². The first kappa shape index (κ1) is 14.7. The lowest BCUT2D eigenvalue weighted by molar-refractivity contribution is 0.0523. The van der Waals surface area contributed by atoms with Crippen LogP contribution in [0.5, 0.6) is 5.75 Å². The van der Waals surface area contributed by atoms with Crippen LogP contribution in [0.2, 0.25) is 0 Å². The van der Waals surface area contributed by atoms with Crippen molar-refractivity contribution < 1.29 is 19.1 Å². The van der Waals surface area contributed by atoms with Crippen LogP contribution in [0, 0.1) is 0 Å². The summed E-state index contributed by atoms with van der Waals surface area (Å²) in [5, 5.41) is 0.643. The van der Waals surface area contributed by atoms with Crippen molar-refractivity contribution in [1.82, 2.24) is 4.57 Å². The highest BCUT2D eigenvalue weighted by atomic mass is 32.2. The normalized spacial score (nSPS) is 13.1. The van der Waals surface area contributed by atoms with Gasteiger partial charge in [-0.1, -0.05) is 30.0 Å². The van der Waals surface area contributed by atoms with E-state index in [9.17, 15) is 9.59 Å². The summed E-state index contributed by atoms with van der Waals surface area (Å²) in [6.07, 6.45) is 1.70. The number of carbonyl (C=O) groups is 2. The van der Waals surface area contributed by atoms with E-state index in [1.165, 1.54) is 16.3 Å². The first-order chi connectivity index (χ1) is 10.7. The number of benzene rings is 1. The number of fused-ring (bicyclic) bond motifs is 1. The van der Waals surface area contributed by atoms with E-state index < -0.39 is 5.97 Å². The molecule has 0 unspecified atom stereocenters. The summed E-state index contributed by atoms with van der Waals surface area (Å²) in [4.78, 5) is 24.3. The van der Waals surface area contributed by atoms with Crippen molar-refractivity contribution in [2.24, 2.45) is 0 Å². The van der Waals surface area contributed by atoms with E-state index in [0.717, 1.165) is 5.56 Å². The van der Waals surface area contributed by atoms with Gasteiger partial charge in [-0.2, -0.15) is 0 Å². The molecule has 0 aliphatic carbocycles. The first-order valence-electron chi connectivity index (χ1n) is 6.89. The molecular weight excluding hydrogens is 302 g/mol. The Bertz CT molecular complexity index is 751. The van der Waals surface area contributed by atoms with E-state index in [4.69, 9.17) is 9.47 Å². The molecule has 0 radical (unpaired) electrons. The van der Waals surface area contributed by atoms with Gasteiger partial charge in [0.25, 0.3) is 0 Å². The van der Waals surface area contributed by atoms with E-state index in [0.29, 0.717) is 27.7 Å². The van der Waals surface area contributed by atoms with Gasteiger partial charge >= 0.3 is 5.97 Å². The molecule has 0 spiro atoms. The Labute approximate surface area is 132 Å². The van der Waals surface area contributed by atoms with Crippen LogP contribution in [0.3, 0.4) is 0 Å². The summed E-state index contributed by atoms with van der Waals surface area (Å²) in [6.45, 7) is 2.04. The second kappa shape index (κ2) is 5.88. The number of hydrogen-bond donors (Lipinski definition) is 0. The van der Waals surface area contributed by atoms with Crippen molar-refractivity contribution in [1.29, 1.82) is 0 Å². The molecule has 1 aromatic carbocycles. The largest absolute Gasteiger partial charge is 0.496 e. The van der Waals surface area contributed by atoms with Gasteiger partial charge in [0.05, 0.1) is 30.1 Å². The third kappa shape index (κ3) is 2.29. The number of thioether (sulfide) groups is 1. The summed E-state index contributed by atoms with van der Waals surface area (Å²) in [5.41, 5.74) is 1.86. The highest BCUT2D eigenvalue weighted by Gasteiger charge is 2.31. The lowest BCUT2D eigenvalue weighted by Crippen LogP contribution is -2.07. The number of rotatable bonds is 4. The molecule has 0 saturated heterocycles. The van der Waals surface area contributed by atoms with Crippen LogP contribution in [-0.4, -0.2) is 35.9 Å². The van der Waals surface area contributed by atoms with Crippen molar-refractivity contribution in [2.75, 3.05) is 19.5 Å².